The number of esters is 1. The smallest absolute Gasteiger partial charge is 0.408 e. The highest BCUT2D eigenvalue weighted by Crippen LogP contribution is 2.15. The Morgan fingerprint density at radius 3 is 2.36 bits per heavy atom. The van der Waals surface area contributed by atoms with Gasteiger partial charge in [-0.3, -0.25) is 4.79 Å². The van der Waals surface area contributed by atoms with Gasteiger partial charge in [0.25, 0.3) is 0 Å². The number of amides is 2. The molecule has 2 amide bonds. The summed E-state index contributed by atoms with van der Waals surface area (Å²) in [7, 11) is 1.25. The van der Waals surface area contributed by atoms with E-state index < -0.39 is 23.6 Å². The molecule has 1 aromatic carbocycles. The van der Waals surface area contributed by atoms with Crippen molar-refractivity contribution in [1.82, 2.24) is 5.32 Å². The highest BCUT2D eigenvalue weighted by Gasteiger charge is 2.17. The molecule has 0 saturated heterocycles. The maximum atomic E-state index is 11.8. The number of anilines is 1. The molecule has 1 aromatic rings. The average molecular weight is 308 g/mol. The quantitative estimate of drug-likeness (QED) is 0.829. The van der Waals surface area contributed by atoms with Crippen molar-refractivity contribution < 1.29 is 23.9 Å². The van der Waals surface area contributed by atoms with E-state index >= 15 is 0 Å². The maximum absolute atomic E-state index is 11.8. The van der Waals surface area contributed by atoms with Gasteiger partial charge in [0, 0.05) is 0 Å². The monoisotopic (exact) mass is 308 g/mol. The van der Waals surface area contributed by atoms with Crippen LogP contribution < -0.4 is 10.6 Å². The van der Waals surface area contributed by atoms with Crippen LogP contribution in [0.1, 0.15) is 31.1 Å². The number of alkyl carbamates (subject to hydrolysis) is 1. The van der Waals surface area contributed by atoms with Gasteiger partial charge in [-0.05, 0) is 32.9 Å². The van der Waals surface area contributed by atoms with E-state index in [1.54, 1.807) is 39.0 Å². The van der Waals surface area contributed by atoms with E-state index in [4.69, 9.17) is 4.74 Å². The van der Waals surface area contributed by atoms with E-state index in [0.717, 1.165) is 0 Å². The van der Waals surface area contributed by atoms with Crippen LogP contribution in [0.5, 0.6) is 0 Å². The SMILES string of the molecule is COC(=O)c1ccccc1NC(=O)CNC(=O)OC(C)(C)C. The third-order valence-corrected chi connectivity index (χ3v) is 2.40. The fourth-order valence-electron chi connectivity index (χ4n) is 1.54. The van der Waals surface area contributed by atoms with E-state index in [9.17, 15) is 14.4 Å². The Labute approximate surface area is 129 Å². The minimum absolute atomic E-state index is 0.232. The van der Waals surface area contributed by atoms with Crippen molar-refractivity contribution in [2.75, 3.05) is 19.0 Å². The molecule has 7 heteroatoms. The van der Waals surface area contributed by atoms with Gasteiger partial charge in [0.05, 0.1) is 18.4 Å². The predicted octanol–water partition coefficient (Wildman–Crippen LogP) is 1.94. The van der Waals surface area contributed by atoms with Gasteiger partial charge in [0.15, 0.2) is 0 Å². The Kier molecular flexibility index (Phi) is 5.91. The molecular weight excluding hydrogens is 288 g/mol. The van der Waals surface area contributed by atoms with Crippen LogP contribution in [-0.2, 0) is 14.3 Å². The molecule has 0 bridgehead atoms. The lowest BCUT2D eigenvalue weighted by Gasteiger charge is -2.19. The second-order valence-electron chi connectivity index (χ2n) is 5.44. The lowest BCUT2D eigenvalue weighted by atomic mass is 10.2. The van der Waals surface area contributed by atoms with Crippen LogP contribution in [0.4, 0.5) is 10.5 Å². The number of methoxy groups -OCH3 is 1. The van der Waals surface area contributed by atoms with E-state index in [1.807, 2.05) is 0 Å². The Hall–Kier alpha value is -2.57. The molecule has 0 spiro atoms. The van der Waals surface area contributed by atoms with Gasteiger partial charge in [-0.25, -0.2) is 9.59 Å². The average Bonchev–Trinajstić information content (AvgIpc) is 2.43. The van der Waals surface area contributed by atoms with Crippen LogP contribution in [0.3, 0.4) is 0 Å². The number of hydrogen-bond donors (Lipinski definition) is 2. The molecule has 0 radical (unpaired) electrons. The van der Waals surface area contributed by atoms with Crippen LogP contribution in [0.2, 0.25) is 0 Å². The van der Waals surface area contributed by atoms with Crippen molar-refractivity contribution in [3.63, 3.8) is 0 Å². The van der Waals surface area contributed by atoms with Gasteiger partial charge in [0.1, 0.15) is 12.1 Å². The van der Waals surface area contributed by atoms with Crippen LogP contribution >= 0.6 is 0 Å². The summed E-state index contributed by atoms with van der Waals surface area (Å²) in [5.74, 6) is -1.04. The lowest BCUT2D eigenvalue weighted by Crippen LogP contribution is -2.37. The maximum Gasteiger partial charge on any atom is 0.408 e. The van der Waals surface area contributed by atoms with Crippen molar-refractivity contribution in [3.05, 3.63) is 29.8 Å². The third kappa shape index (κ3) is 5.82. The number of ether oxygens (including phenoxy) is 2. The zero-order valence-electron chi connectivity index (χ0n) is 13.1. The molecule has 0 aromatic heterocycles. The molecule has 22 heavy (non-hydrogen) atoms. The zero-order chi connectivity index (χ0) is 16.8. The number of para-hydroxylation sites is 1. The zero-order valence-corrected chi connectivity index (χ0v) is 13.1. The van der Waals surface area contributed by atoms with Gasteiger partial charge in [-0.1, -0.05) is 12.1 Å². The molecule has 2 N–H and O–H groups in total. The van der Waals surface area contributed by atoms with Crippen LogP contribution in [-0.4, -0.2) is 37.2 Å². The van der Waals surface area contributed by atoms with Crippen molar-refractivity contribution >= 4 is 23.7 Å². The molecule has 0 fully saturated rings. The molecule has 7 nitrogen and oxygen atoms in total. The summed E-state index contributed by atoms with van der Waals surface area (Å²) in [6, 6.07) is 6.42. The van der Waals surface area contributed by atoms with E-state index in [-0.39, 0.29) is 12.1 Å². The van der Waals surface area contributed by atoms with Gasteiger partial charge in [-0.2, -0.15) is 0 Å². The van der Waals surface area contributed by atoms with E-state index in [2.05, 4.69) is 15.4 Å². The van der Waals surface area contributed by atoms with E-state index in [1.165, 1.54) is 13.2 Å². The molecule has 0 heterocycles. The molecular formula is C15H20N2O5. The van der Waals surface area contributed by atoms with Gasteiger partial charge in [-0.15, -0.1) is 0 Å². The van der Waals surface area contributed by atoms with Crippen molar-refractivity contribution in [2.24, 2.45) is 0 Å². The summed E-state index contributed by atoms with van der Waals surface area (Å²) in [5, 5.41) is 4.87. The van der Waals surface area contributed by atoms with Gasteiger partial charge < -0.3 is 20.1 Å². The van der Waals surface area contributed by atoms with Crippen molar-refractivity contribution in [2.45, 2.75) is 26.4 Å². The number of rotatable bonds is 4. The van der Waals surface area contributed by atoms with Gasteiger partial charge >= 0.3 is 12.1 Å². The highest BCUT2D eigenvalue weighted by molar-refractivity contribution is 6.02. The Morgan fingerprint density at radius 2 is 1.77 bits per heavy atom. The molecule has 0 atom stereocenters. The summed E-state index contributed by atoms with van der Waals surface area (Å²) >= 11 is 0. The van der Waals surface area contributed by atoms with Gasteiger partial charge in [0.2, 0.25) is 5.91 Å². The van der Waals surface area contributed by atoms with Crippen molar-refractivity contribution in [1.29, 1.82) is 0 Å². The molecule has 0 unspecified atom stereocenters. The molecule has 0 aliphatic carbocycles. The largest absolute Gasteiger partial charge is 0.465 e. The normalized spacial score (nSPS) is 10.5. The van der Waals surface area contributed by atoms with Crippen LogP contribution in [0.25, 0.3) is 0 Å². The standard InChI is InChI=1S/C15H20N2O5/c1-15(2,3)22-14(20)16-9-12(18)17-11-8-6-5-7-10(11)13(19)21-4/h5-8H,9H2,1-4H3,(H,16,20)(H,17,18). The first-order valence-corrected chi connectivity index (χ1v) is 6.67. The molecule has 0 aliphatic heterocycles. The highest BCUT2D eigenvalue weighted by atomic mass is 16.6. The van der Waals surface area contributed by atoms with Crippen LogP contribution in [0, 0.1) is 0 Å². The van der Waals surface area contributed by atoms with E-state index in [0.29, 0.717) is 5.69 Å². The number of carbonyl (C=O) groups excluding carboxylic acids is 3. The fourth-order valence-corrected chi connectivity index (χ4v) is 1.54. The molecule has 0 saturated carbocycles. The molecule has 120 valence electrons. The predicted molar refractivity (Wildman–Crippen MR) is 80.6 cm³/mol. The summed E-state index contributed by atoms with van der Waals surface area (Å²) in [5.41, 5.74) is -0.0983. The summed E-state index contributed by atoms with van der Waals surface area (Å²) < 4.78 is 9.65. The number of hydrogen-bond acceptors (Lipinski definition) is 5. The first-order valence-electron chi connectivity index (χ1n) is 6.67. The number of benzene rings is 1. The second kappa shape index (κ2) is 7.44. The first kappa shape index (κ1) is 17.5. The Bertz CT molecular complexity index is 563. The number of nitrogens with one attached hydrogen (secondary N) is 2. The lowest BCUT2D eigenvalue weighted by molar-refractivity contribution is -0.115. The minimum atomic E-state index is -0.691. The number of carbonyl (C=O) groups is 3. The molecule has 0 aliphatic rings. The first-order chi connectivity index (χ1) is 10.2. The third-order valence-electron chi connectivity index (χ3n) is 2.40. The van der Waals surface area contributed by atoms with Crippen molar-refractivity contribution in [3.8, 4) is 0 Å². The molecule has 1 rings (SSSR count). The topological polar surface area (TPSA) is 93.7 Å². The fraction of sp³-hybridized carbons (Fsp3) is 0.400. The Morgan fingerprint density at radius 1 is 1.14 bits per heavy atom. The van der Waals surface area contributed by atoms with Crippen LogP contribution in [0.15, 0.2) is 24.3 Å². The summed E-state index contributed by atoms with van der Waals surface area (Å²) in [6.07, 6.45) is -0.691. The minimum Gasteiger partial charge on any atom is -0.465 e. The Balaban J connectivity index is 2.60. The summed E-state index contributed by atoms with van der Waals surface area (Å²) in [6.45, 7) is 4.89. The second-order valence-corrected chi connectivity index (χ2v) is 5.44. The summed E-state index contributed by atoms with van der Waals surface area (Å²) in [4.78, 5) is 34.8.